The number of pyridine rings is 1. The van der Waals surface area contributed by atoms with Crippen molar-refractivity contribution >= 4 is 22.7 Å². The normalized spacial score (nSPS) is 15.8. The monoisotopic (exact) mass is 323 g/mol. The smallest absolute Gasteiger partial charge is 0.225 e. The highest BCUT2D eigenvalue weighted by Crippen LogP contribution is 2.28. The average molecular weight is 323 g/mol. The van der Waals surface area contributed by atoms with E-state index >= 15 is 0 Å². The summed E-state index contributed by atoms with van der Waals surface area (Å²) in [5, 5.41) is 1.09. The van der Waals surface area contributed by atoms with Crippen LogP contribution in [-0.2, 0) is 0 Å². The van der Waals surface area contributed by atoms with Crippen molar-refractivity contribution in [3.05, 3.63) is 42.5 Å². The summed E-state index contributed by atoms with van der Waals surface area (Å²) in [5.41, 5.74) is 1.98. The lowest BCUT2D eigenvalue weighted by Crippen LogP contribution is -2.44. The van der Waals surface area contributed by atoms with Crippen molar-refractivity contribution in [3.63, 3.8) is 0 Å². The van der Waals surface area contributed by atoms with Gasteiger partial charge in [-0.2, -0.15) is 0 Å². The molecular weight excluding hydrogens is 302 g/mol. The molecule has 0 amide bonds. The fraction of sp³-hybridized carbons (Fsp3) is 0.389. The molecule has 0 spiro atoms. The molecule has 0 atom stereocenters. The zero-order valence-electron chi connectivity index (χ0n) is 14.0. The maximum atomic E-state index is 5.48. The van der Waals surface area contributed by atoms with Crippen molar-refractivity contribution in [2.45, 2.75) is 25.8 Å². The highest BCUT2D eigenvalue weighted by molar-refractivity contribution is 5.88. The van der Waals surface area contributed by atoms with E-state index in [2.05, 4.69) is 31.8 Å². The first kappa shape index (κ1) is 14.9. The van der Waals surface area contributed by atoms with Crippen LogP contribution < -0.4 is 9.80 Å². The molecule has 1 fully saturated rings. The molecule has 4 rings (SSSR count). The number of aryl methyl sites for hydroxylation is 1. The van der Waals surface area contributed by atoms with Crippen molar-refractivity contribution in [1.29, 1.82) is 0 Å². The number of nitrogens with zero attached hydrogens (tertiary/aromatic N) is 5. The van der Waals surface area contributed by atoms with Gasteiger partial charge in [-0.25, -0.2) is 15.0 Å². The number of piperidine rings is 1. The first-order valence-electron chi connectivity index (χ1n) is 8.31. The molecule has 0 unspecified atom stereocenters. The fourth-order valence-electron chi connectivity index (χ4n) is 3.33. The van der Waals surface area contributed by atoms with Crippen LogP contribution in [0.1, 0.15) is 18.4 Å². The van der Waals surface area contributed by atoms with E-state index in [1.807, 2.05) is 37.6 Å². The average Bonchev–Trinajstić information content (AvgIpc) is 3.11. The number of furan rings is 1. The van der Waals surface area contributed by atoms with Crippen LogP contribution in [0.25, 0.3) is 11.0 Å². The largest absolute Gasteiger partial charge is 0.464 e. The van der Waals surface area contributed by atoms with E-state index in [0.717, 1.165) is 54.2 Å². The lowest BCUT2D eigenvalue weighted by molar-refractivity contribution is 0.476. The molecule has 0 N–H and O–H groups in total. The zero-order valence-corrected chi connectivity index (χ0v) is 14.0. The Labute approximate surface area is 141 Å². The quantitative estimate of drug-likeness (QED) is 0.738. The third-order valence-corrected chi connectivity index (χ3v) is 4.75. The molecule has 0 aliphatic carbocycles. The van der Waals surface area contributed by atoms with Gasteiger partial charge in [0.15, 0.2) is 0 Å². The molecule has 3 aromatic heterocycles. The van der Waals surface area contributed by atoms with E-state index in [1.54, 1.807) is 6.26 Å². The minimum Gasteiger partial charge on any atom is -0.464 e. The lowest BCUT2D eigenvalue weighted by atomic mass is 10.0. The SMILES string of the molecule is Cc1cnc(N(C)C2CCN(c3nccc4occc34)CC2)nc1. The Balaban J connectivity index is 1.47. The Bertz CT molecular complexity index is 821. The summed E-state index contributed by atoms with van der Waals surface area (Å²) < 4.78 is 5.48. The molecule has 0 saturated carbocycles. The third kappa shape index (κ3) is 2.68. The predicted octanol–water partition coefficient (Wildman–Crippen LogP) is 3.03. The molecular formula is C18H21N5O. The van der Waals surface area contributed by atoms with E-state index in [4.69, 9.17) is 4.42 Å². The second kappa shape index (κ2) is 6.11. The van der Waals surface area contributed by atoms with Crippen LogP contribution in [0.2, 0.25) is 0 Å². The highest BCUT2D eigenvalue weighted by Gasteiger charge is 2.25. The van der Waals surface area contributed by atoms with Gasteiger partial charge < -0.3 is 14.2 Å². The minimum atomic E-state index is 0.451. The van der Waals surface area contributed by atoms with Crippen LogP contribution in [0.4, 0.5) is 11.8 Å². The topological polar surface area (TPSA) is 58.3 Å². The fourth-order valence-corrected chi connectivity index (χ4v) is 3.33. The standard InChI is InChI=1S/C18H21N5O/c1-13-11-20-18(21-12-13)22(2)14-4-8-23(9-5-14)17-15-6-10-24-16(15)3-7-19-17/h3,6-7,10-12,14H,4-5,8-9H2,1-2H3. The van der Waals surface area contributed by atoms with E-state index in [9.17, 15) is 0 Å². The van der Waals surface area contributed by atoms with Crippen molar-refractivity contribution in [2.75, 3.05) is 29.9 Å². The Morgan fingerprint density at radius 1 is 1.12 bits per heavy atom. The summed E-state index contributed by atoms with van der Waals surface area (Å²) in [6.07, 6.45) is 9.41. The zero-order chi connectivity index (χ0) is 16.5. The molecule has 0 radical (unpaired) electrons. The molecule has 0 aromatic carbocycles. The molecule has 1 aliphatic rings. The number of rotatable bonds is 3. The van der Waals surface area contributed by atoms with Gasteiger partial charge in [0.2, 0.25) is 5.95 Å². The van der Waals surface area contributed by atoms with Gasteiger partial charge in [0.25, 0.3) is 0 Å². The highest BCUT2D eigenvalue weighted by atomic mass is 16.3. The Hall–Kier alpha value is -2.63. The molecule has 1 aliphatic heterocycles. The van der Waals surface area contributed by atoms with Crippen LogP contribution in [0.15, 0.2) is 41.4 Å². The predicted molar refractivity (Wildman–Crippen MR) is 94.4 cm³/mol. The molecule has 3 aromatic rings. The van der Waals surface area contributed by atoms with E-state index in [-0.39, 0.29) is 0 Å². The number of hydrogen-bond acceptors (Lipinski definition) is 6. The van der Waals surface area contributed by atoms with Crippen molar-refractivity contribution in [2.24, 2.45) is 0 Å². The molecule has 6 nitrogen and oxygen atoms in total. The second-order valence-corrected chi connectivity index (χ2v) is 6.36. The summed E-state index contributed by atoms with van der Waals surface area (Å²) >= 11 is 0. The third-order valence-electron chi connectivity index (χ3n) is 4.75. The van der Waals surface area contributed by atoms with Gasteiger partial charge in [-0.15, -0.1) is 0 Å². The minimum absolute atomic E-state index is 0.451. The molecule has 0 bridgehead atoms. The summed E-state index contributed by atoms with van der Waals surface area (Å²) in [6, 6.07) is 4.36. The summed E-state index contributed by atoms with van der Waals surface area (Å²) in [7, 11) is 2.08. The van der Waals surface area contributed by atoms with Gasteiger partial charge in [-0.3, -0.25) is 0 Å². The van der Waals surface area contributed by atoms with Gasteiger partial charge in [0, 0.05) is 44.8 Å². The van der Waals surface area contributed by atoms with Crippen molar-refractivity contribution in [3.8, 4) is 0 Å². The Morgan fingerprint density at radius 3 is 2.62 bits per heavy atom. The first-order chi connectivity index (χ1) is 11.7. The van der Waals surface area contributed by atoms with E-state index in [1.165, 1.54) is 0 Å². The van der Waals surface area contributed by atoms with E-state index in [0.29, 0.717) is 6.04 Å². The van der Waals surface area contributed by atoms with Crippen LogP contribution in [0.3, 0.4) is 0 Å². The van der Waals surface area contributed by atoms with Crippen LogP contribution in [-0.4, -0.2) is 41.1 Å². The lowest BCUT2D eigenvalue weighted by Gasteiger charge is -2.37. The van der Waals surface area contributed by atoms with Gasteiger partial charge in [-0.1, -0.05) is 0 Å². The molecule has 24 heavy (non-hydrogen) atoms. The molecule has 1 saturated heterocycles. The Kier molecular flexibility index (Phi) is 3.80. The summed E-state index contributed by atoms with van der Waals surface area (Å²) in [4.78, 5) is 18.0. The first-order valence-corrected chi connectivity index (χ1v) is 8.31. The van der Waals surface area contributed by atoms with Crippen LogP contribution in [0.5, 0.6) is 0 Å². The number of fused-ring (bicyclic) bond motifs is 1. The molecule has 6 heteroatoms. The number of hydrogen-bond donors (Lipinski definition) is 0. The van der Waals surface area contributed by atoms with Crippen LogP contribution in [0, 0.1) is 6.92 Å². The second-order valence-electron chi connectivity index (χ2n) is 6.36. The van der Waals surface area contributed by atoms with Gasteiger partial charge in [-0.05, 0) is 37.5 Å². The van der Waals surface area contributed by atoms with E-state index < -0.39 is 0 Å². The molecule has 124 valence electrons. The Morgan fingerprint density at radius 2 is 1.88 bits per heavy atom. The van der Waals surface area contributed by atoms with Crippen molar-refractivity contribution < 1.29 is 4.42 Å². The molecule has 4 heterocycles. The number of aromatic nitrogens is 3. The number of anilines is 2. The maximum Gasteiger partial charge on any atom is 0.225 e. The van der Waals surface area contributed by atoms with Gasteiger partial charge in [0.05, 0.1) is 11.6 Å². The van der Waals surface area contributed by atoms with Gasteiger partial charge in [0.1, 0.15) is 11.4 Å². The van der Waals surface area contributed by atoms with Crippen LogP contribution >= 0.6 is 0 Å². The maximum absolute atomic E-state index is 5.48. The van der Waals surface area contributed by atoms with Crippen molar-refractivity contribution in [1.82, 2.24) is 15.0 Å². The summed E-state index contributed by atoms with van der Waals surface area (Å²) in [6.45, 7) is 3.95. The van der Waals surface area contributed by atoms with Gasteiger partial charge >= 0.3 is 0 Å². The summed E-state index contributed by atoms with van der Waals surface area (Å²) in [5.74, 6) is 1.82.